The summed E-state index contributed by atoms with van der Waals surface area (Å²) in [5, 5.41) is 0.410. The molecule has 1 saturated heterocycles. The second kappa shape index (κ2) is 9.60. The molecule has 0 saturated carbocycles. The molecule has 0 aromatic heterocycles. The van der Waals surface area contributed by atoms with Crippen LogP contribution in [-0.4, -0.2) is 36.0 Å². The number of esters is 1. The minimum absolute atomic E-state index is 0.162. The van der Waals surface area contributed by atoms with Crippen molar-refractivity contribution in [2.75, 3.05) is 13.1 Å². The molecule has 1 amide bonds. The number of halogens is 4. The number of hydrogen-bond donors (Lipinski definition) is 0. The van der Waals surface area contributed by atoms with Gasteiger partial charge in [-0.25, -0.2) is 4.79 Å². The molecule has 1 aliphatic heterocycles. The molecule has 2 aromatic rings. The van der Waals surface area contributed by atoms with Gasteiger partial charge >= 0.3 is 12.1 Å². The van der Waals surface area contributed by atoms with Crippen molar-refractivity contribution in [2.24, 2.45) is 0 Å². The maximum absolute atomic E-state index is 13.0. The summed E-state index contributed by atoms with van der Waals surface area (Å²) in [5.74, 6) is -1.37. The molecular formula is C22H21ClF3NO4. The van der Waals surface area contributed by atoms with E-state index in [1.54, 1.807) is 4.90 Å². The number of nitrogens with zero attached hydrogens (tertiary/aromatic N) is 1. The second-order valence-corrected chi connectivity index (χ2v) is 7.62. The van der Waals surface area contributed by atoms with E-state index >= 15 is 0 Å². The monoisotopic (exact) mass is 455 g/mol. The minimum atomic E-state index is -4.56. The third-order valence-corrected chi connectivity index (χ3v) is 5.11. The number of hydrogen-bond acceptors (Lipinski definition) is 4. The number of alkyl halides is 3. The molecule has 1 unspecified atom stereocenters. The van der Waals surface area contributed by atoms with Gasteiger partial charge in [0.25, 0.3) is 5.91 Å². The molecule has 1 fully saturated rings. The van der Waals surface area contributed by atoms with Gasteiger partial charge in [0, 0.05) is 23.7 Å². The van der Waals surface area contributed by atoms with E-state index in [1.807, 2.05) is 0 Å². The second-order valence-electron chi connectivity index (χ2n) is 7.19. The summed E-state index contributed by atoms with van der Waals surface area (Å²) in [6, 6.07) is 10.3. The number of likely N-dealkylation sites (tertiary alicyclic amines) is 1. The standard InChI is InChI=1S/C22H21ClF3NO4/c1-14(20(28)27-11-2-3-12-27)30-21(29)19(15-7-9-17(23)10-8-15)31-18-6-4-5-16(13-18)22(24,25)26/h4-10,13-14,19H,2-3,11-12H2,1H3/t14-,19?/m0/s1. The first-order valence-corrected chi connectivity index (χ1v) is 10.1. The lowest BCUT2D eigenvalue weighted by atomic mass is 10.1. The van der Waals surface area contributed by atoms with E-state index in [1.165, 1.54) is 43.3 Å². The molecule has 0 spiro atoms. The fraction of sp³-hybridized carbons (Fsp3) is 0.364. The van der Waals surface area contributed by atoms with Gasteiger partial charge in [-0.15, -0.1) is 0 Å². The van der Waals surface area contributed by atoms with Gasteiger partial charge in [-0.1, -0.05) is 29.8 Å². The number of carbonyl (C=O) groups is 2. The number of rotatable bonds is 6. The summed E-state index contributed by atoms with van der Waals surface area (Å²) < 4.78 is 50.0. The van der Waals surface area contributed by atoms with Crippen molar-refractivity contribution in [3.8, 4) is 5.75 Å². The Balaban J connectivity index is 1.82. The Morgan fingerprint density at radius 2 is 1.71 bits per heavy atom. The molecule has 0 N–H and O–H groups in total. The van der Waals surface area contributed by atoms with Crippen LogP contribution in [0.25, 0.3) is 0 Å². The van der Waals surface area contributed by atoms with E-state index < -0.39 is 29.9 Å². The number of benzene rings is 2. The average molecular weight is 456 g/mol. The molecule has 0 bridgehead atoms. The summed E-state index contributed by atoms with van der Waals surface area (Å²) in [4.78, 5) is 26.9. The first-order chi connectivity index (χ1) is 14.6. The zero-order valence-corrected chi connectivity index (χ0v) is 17.4. The van der Waals surface area contributed by atoms with Gasteiger partial charge in [-0.05, 0) is 50.1 Å². The quantitative estimate of drug-likeness (QED) is 0.573. The summed E-state index contributed by atoms with van der Waals surface area (Å²) in [7, 11) is 0. The maximum atomic E-state index is 13.0. The van der Waals surface area contributed by atoms with Gasteiger partial charge in [-0.2, -0.15) is 13.2 Å². The zero-order chi connectivity index (χ0) is 22.6. The Labute approximate surface area is 182 Å². The van der Waals surface area contributed by atoms with Crippen LogP contribution in [-0.2, 0) is 20.5 Å². The van der Waals surface area contributed by atoms with Gasteiger partial charge in [0.2, 0.25) is 6.10 Å². The van der Waals surface area contributed by atoms with E-state index in [-0.39, 0.29) is 11.7 Å². The largest absolute Gasteiger partial charge is 0.474 e. The van der Waals surface area contributed by atoms with E-state index in [0.29, 0.717) is 23.7 Å². The molecular weight excluding hydrogens is 435 g/mol. The lowest BCUT2D eigenvalue weighted by molar-refractivity contribution is -0.164. The fourth-order valence-corrected chi connectivity index (χ4v) is 3.38. The van der Waals surface area contributed by atoms with Crippen LogP contribution in [0.15, 0.2) is 48.5 Å². The Morgan fingerprint density at radius 3 is 2.32 bits per heavy atom. The van der Waals surface area contributed by atoms with Crippen LogP contribution < -0.4 is 4.74 Å². The van der Waals surface area contributed by atoms with Gasteiger partial charge in [0.1, 0.15) is 5.75 Å². The number of amides is 1. The molecule has 2 aromatic carbocycles. The molecule has 2 atom stereocenters. The van der Waals surface area contributed by atoms with Crippen molar-refractivity contribution < 1.29 is 32.2 Å². The van der Waals surface area contributed by atoms with Crippen LogP contribution in [0.1, 0.15) is 37.0 Å². The summed E-state index contributed by atoms with van der Waals surface area (Å²) in [6.07, 6.45) is -5.22. The van der Waals surface area contributed by atoms with Crippen molar-refractivity contribution >= 4 is 23.5 Å². The SMILES string of the molecule is C[C@H](OC(=O)C(Oc1cccc(C(F)(F)F)c1)c1ccc(Cl)cc1)C(=O)N1CCCC1. The van der Waals surface area contributed by atoms with E-state index in [0.717, 1.165) is 25.0 Å². The molecule has 1 aliphatic rings. The maximum Gasteiger partial charge on any atom is 0.416 e. The van der Waals surface area contributed by atoms with E-state index in [9.17, 15) is 22.8 Å². The van der Waals surface area contributed by atoms with Gasteiger partial charge in [-0.3, -0.25) is 4.79 Å². The van der Waals surface area contributed by atoms with Crippen molar-refractivity contribution in [1.82, 2.24) is 4.90 Å². The molecule has 1 heterocycles. The first-order valence-electron chi connectivity index (χ1n) is 9.74. The van der Waals surface area contributed by atoms with Crippen molar-refractivity contribution in [3.63, 3.8) is 0 Å². The summed E-state index contributed by atoms with van der Waals surface area (Å²) >= 11 is 5.89. The van der Waals surface area contributed by atoms with E-state index in [2.05, 4.69) is 0 Å². The Morgan fingerprint density at radius 1 is 1.06 bits per heavy atom. The highest BCUT2D eigenvalue weighted by Crippen LogP contribution is 2.33. The van der Waals surface area contributed by atoms with Crippen LogP contribution in [0, 0.1) is 0 Å². The zero-order valence-electron chi connectivity index (χ0n) is 16.7. The molecule has 0 aliphatic carbocycles. The normalized spacial score (nSPS) is 16.0. The Bertz CT molecular complexity index is 927. The predicted molar refractivity (Wildman–Crippen MR) is 108 cm³/mol. The highest BCUT2D eigenvalue weighted by atomic mass is 35.5. The molecule has 9 heteroatoms. The molecule has 0 radical (unpaired) electrons. The van der Waals surface area contributed by atoms with Gasteiger partial charge in [0.15, 0.2) is 6.10 Å². The molecule has 5 nitrogen and oxygen atoms in total. The van der Waals surface area contributed by atoms with Crippen LogP contribution in [0.4, 0.5) is 13.2 Å². The predicted octanol–water partition coefficient (Wildman–Crippen LogP) is 5.03. The Hall–Kier alpha value is -2.74. The van der Waals surface area contributed by atoms with Crippen LogP contribution in [0.5, 0.6) is 5.75 Å². The highest BCUT2D eigenvalue weighted by molar-refractivity contribution is 6.30. The van der Waals surface area contributed by atoms with Crippen LogP contribution >= 0.6 is 11.6 Å². The lowest BCUT2D eigenvalue weighted by Gasteiger charge is -2.24. The van der Waals surface area contributed by atoms with Crippen LogP contribution in [0.2, 0.25) is 5.02 Å². The van der Waals surface area contributed by atoms with Gasteiger partial charge < -0.3 is 14.4 Å². The lowest BCUT2D eigenvalue weighted by Crippen LogP contribution is -2.39. The van der Waals surface area contributed by atoms with Crippen LogP contribution in [0.3, 0.4) is 0 Å². The highest BCUT2D eigenvalue weighted by Gasteiger charge is 2.33. The molecule has 166 valence electrons. The van der Waals surface area contributed by atoms with Crippen molar-refractivity contribution in [1.29, 1.82) is 0 Å². The molecule has 3 rings (SSSR count). The number of ether oxygens (including phenoxy) is 2. The Kier molecular flexibility index (Phi) is 7.10. The molecule has 31 heavy (non-hydrogen) atoms. The minimum Gasteiger partial charge on any atom is -0.474 e. The van der Waals surface area contributed by atoms with Gasteiger partial charge in [0.05, 0.1) is 5.56 Å². The third-order valence-electron chi connectivity index (χ3n) is 4.86. The average Bonchev–Trinajstić information content (AvgIpc) is 3.26. The topological polar surface area (TPSA) is 55.8 Å². The van der Waals surface area contributed by atoms with E-state index in [4.69, 9.17) is 21.1 Å². The summed E-state index contributed by atoms with van der Waals surface area (Å²) in [5.41, 5.74) is -0.585. The fourth-order valence-electron chi connectivity index (χ4n) is 3.25. The van der Waals surface area contributed by atoms with Crippen molar-refractivity contribution in [3.05, 3.63) is 64.7 Å². The number of carbonyl (C=O) groups excluding carboxylic acids is 2. The van der Waals surface area contributed by atoms with Crippen molar-refractivity contribution in [2.45, 2.75) is 38.1 Å². The first kappa shape index (κ1) is 22.9. The third kappa shape index (κ3) is 5.91. The smallest absolute Gasteiger partial charge is 0.416 e. The summed E-state index contributed by atoms with van der Waals surface area (Å²) in [6.45, 7) is 2.66.